The quantitative estimate of drug-likeness (QED) is 0.527. The van der Waals surface area contributed by atoms with E-state index in [1.165, 1.54) is 0 Å². The van der Waals surface area contributed by atoms with Gasteiger partial charge in [-0.3, -0.25) is 5.10 Å². The second-order valence-electron chi connectivity index (χ2n) is 6.01. The number of anilines is 1. The Morgan fingerprint density at radius 1 is 1.12 bits per heavy atom. The van der Waals surface area contributed by atoms with E-state index in [1.54, 1.807) is 11.8 Å². The van der Waals surface area contributed by atoms with Gasteiger partial charge in [-0.1, -0.05) is 48.5 Å². The molecule has 26 heavy (non-hydrogen) atoms. The Morgan fingerprint density at radius 3 is 2.38 bits per heavy atom. The third-order valence-corrected chi connectivity index (χ3v) is 5.28. The Bertz CT molecular complexity index is 914. The highest BCUT2D eigenvalue weighted by molar-refractivity contribution is 8.14. The molecule has 1 aliphatic rings. The van der Waals surface area contributed by atoms with Crippen LogP contribution in [0.4, 0.5) is 11.5 Å². The predicted octanol–water partition coefficient (Wildman–Crippen LogP) is 0.426. The largest absolute Gasteiger partial charge is 1.00 e. The lowest BCUT2D eigenvalue weighted by atomic mass is 10.0. The van der Waals surface area contributed by atoms with Gasteiger partial charge in [0.1, 0.15) is 5.69 Å². The van der Waals surface area contributed by atoms with E-state index >= 15 is 0 Å². The highest BCUT2D eigenvalue weighted by atomic mass is 79.9. The van der Waals surface area contributed by atoms with Gasteiger partial charge >= 0.3 is 5.17 Å². The molecule has 0 saturated heterocycles. The number of halogens is 1. The molecule has 1 aromatic heterocycles. The summed E-state index contributed by atoms with van der Waals surface area (Å²) in [5, 5.41) is 22.9. The van der Waals surface area contributed by atoms with Crippen LogP contribution in [0.2, 0.25) is 0 Å². The van der Waals surface area contributed by atoms with E-state index in [0.717, 1.165) is 27.9 Å². The summed E-state index contributed by atoms with van der Waals surface area (Å²) >= 11 is 1.58. The molecule has 1 aliphatic heterocycles. The van der Waals surface area contributed by atoms with E-state index in [1.807, 2.05) is 78.2 Å². The number of H-pyrrole nitrogens is 1. The Morgan fingerprint density at radius 2 is 1.77 bits per heavy atom. The molecule has 0 radical (unpaired) electrons. The molecule has 1 unspecified atom stereocenters. The minimum atomic E-state index is -1.12. The fourth-order valence-corrected chi connectivity index (χ4v) is 4.17. The molecule has 2 heterocycles. The minimum Gasteiger partial charge on any atom is -1.00 e. The molecule has 1 atom stereocenters. The Balaban J connectivity index is 0.00000196. The molecule has 5 nitrogen and oxygen atoms in total. The molecule has 0 spiro atoms. The molecular weight excluding hydrogens is 412 g/mol. The number of hydrogen-bond acceptors (Lipinski definition) is 4. The number of hydrogen-bond donors (Lipinski definition) is 3. The SMILES string of the molecule is Cc1cc(NC2=[N+](c3ccccc3)C(O)(c3ccccc3)CS2)n[nH]1.[Br-]. The van der Waals surface area contributed by atoms with Crippen LogP contribution in [0.5, 0.6) is 0 Å². The lowest BCUT2D eigenvalue weighted by Crippen LogP contribution is -3.00. The second kappa shape index (κ2) is 7.65. The Labute approximate surface area is 166 Å². The van der Waals surface area contributed by atoms with Crippen LogP contribution in [0.1, 0.15) is 11.3 Å². The molecule has 4 rings (SSSR count). The molecule has 134 valence electrons. The summed E-state index contributed by atoms with van der Waals surface area (Å²) in [5.74, 6) is 1.26. The second-order valence-corrected chi connectivity index (χ2v) is 6.97. The van der Waals surface area contributed by atoms with Crippen LogP contribution in [-0.2, 0) is 5.72 Å². The van der Waals surface area contributed by atoms with E-state index in [2.05, 4.69) is 15.5 Å². The number of aryl methyl sites for hydroxylation is 1. The molecule has 7 heteroatoms. The molecule has 3 N–H and O–H groups in total. The van der Waals surface area contributed by atoms with Crippen molar-refractivity contribution in [1.29, 1.82) is 0 Å². The lowest BCUT2D eigenvalue weighted by Gasteiger charge is -2.24. The Hall–Kier alpha value is -2.09. The van der Waals surface area contributed by atoms with Crippen LogP contribution in [0.15, 0.2) is 66.7 Å². The molecule has 0 aliphatic carbocycles. The molecule has 3 aromatic rings. The van der Waals surface area contributed by atoms with Gasteiger partial charge in [-0.2, -0.15) is 4.58 Å². The van der Waals surface area contributed by atoms with Crippen LogP contribution < -0.4 is 22.3 Å². The zero-order chi connectivity index (χ0) is 17.3. The number of nitrogens with one attached hydrogen (secondary N) is 2. The smallest absolute Gasteiger partial charge is 0.320 e. The first kappa shape index (κ1) is 18.7. The number of para-hydroxylation sites is 1. The van der Waals surface area contributed by atoms with E-state index in [0.29, 0.717) is 5.75 Å². The third kappa shape index (κ3) is 3.42. The van der Waals surface area contributed by atoms with Gasteiger partial charge in [0.2, 0.25) is 11.5 Å². The van der Waals surface area contributed by atoms with Crippen LogP contribution in [0.3, 0.4) is 0 Å². The van der Waals surface area contributed by atoms with E-state index in [9.17, 15) is 5.11 Å². The number of nitrogens with zero attached hydrogens (tertiary/aromatic N) is 2. The molecule has 0 saturated carbocycles. The van der Waals surface area contributed by atoms with Gasteiger partial charge in [0.25, 0.3) is 0 Å². The normalized spacial score (nSPS) is 19.3. The summed E-state index contributed by atoms with van der Waals surface area (Å²) in [4.78, 5) is 0. The summed E-state index contributed by atoms with van der Waals surface area (Å²) in [6, 6.07) is 21.6. The number of aliphatic hydroxyl groups is 1. The number of rotatable bonds is 3. The van der Waals surface area contributed by atoms with E-state index in [4.69, 9.17) is 0 Å². The molecule has 2 aromatic carbocycles. The number of amidine groups is 1. The van der Waals surface area contributed by atoms with Crippen LogP contribution >= 0.6 is 11.8 Å². The van der Waals surface area contributed by atoms with Crippen molar-refractivity contribution in [3.05, 3.63) is 78.0 Å². The molecule has 0 bridgehead atoms. The van der Waals surface area contributed by atoms with E-state index < -0.39 is 5.72 Å². The minimum absolute atomic E-state index is 0. The summed E-state index contributed by atoms with van der Waals surface area (Å²) < 4.78 is 1.94. The standard InChI is InChI=1S/C19H18N4OS.BrH/c1-14-12-17(22-21-14)20-18-23(16-10-6-3-7-11-16)19(24,13-25-18)15-8-4-2-5-9-15;/h2-12,24H,13H2,1H3,(H,21,22);1H. The van der Waals surface area contributed by atoms with Crippen molar-refractivity contribution in [2.24, 2.45) is 0 Å². The first-order valence-electron chi connectivity index (χ1n) is 8.09. The number of aromatic nitrogens is 2. The van der Waals surface area contributed by atoms with Crippen molar-refractivity contribution in [2.45, 2.75) is 12.6 Å². The fraction of sp³-hybridized carbons (Fsp3) is 0.158. The summed E-state index contributed by atoms with van der Waals surface area (Å²) in [6.07, 6.45) is 0. The van der Waals surface area contributed by atoms with Crippen LogP contribution in [0.25, 0.3) is 0 Å². The average Bonchev–Trinajstić information content (AvgIpc) is 3.21. The number of aromatic amines is 1. The van der Waals surface area contributed by atoms with Gasteiger partial charge in [-0.15, -0.1) is 5.10 Å². The van der Waals surface area contributed by atoms with Crippen molar-refractivity contribution >= 4 is 28.4 Å². The van der Waals surface area contributed by atoms with Gasteiger partial charge in [0.05, 0.1) is 5.75 Å². The van der Waals surface area contributed by atoms with Crippen molar-refractivity contribution in [3.8, 4) is 0 Å². The maximum absolute atomic E-state index is 11.5. The van der Waals surface area contributed by atoms with E-state index in [-0.39, 0.29) is 17.0 Å². The number of benzene rings is 2. The highest BCUT2D eigenvalue weighted by Gasteiger charge is 2.47. The third-order valence-electron chi connectivity index (χ3n) is 4.17. The summed E-state index contributed by atoms with van der Waals surface area (Å²) in [5.41, 5.74) is 1.65. The average molecular weight is 431 g/mol. The summed E-state index contributed by atoms with van der Waals surface area (Å²) in [6.45, 7) is 1.96. The van der Waals surface area contributed by atoms with Crippen LogP contribution in [-0.4, -0.2) is 30.8 Å². The Kier molecular flexibility index (Phi) is 5.50. The predicted molar refractivity (Wildman–Crippen MR) is 101 cm³/mol. The maximum atomic E-state index is 11.5. The first-order chi connectivity index (χ1) is 12.2. The van der Waals surface area contributed by atoms with Crippen LogP contribution in [0, 0.1) is 6.92 Å². The van der Waals surface area contributed by atoms with Gasteiger partial charge in [-0.05, 0) is 30.8 Å². The topological polar surface area (TPSA) is 63.9 Å². The fourth-order valence-electron chi connectivity index (χ4n) is 2.98. The van der Waals surface area contributed by atoms with Crippen molar-refractivity contribution in [1.82, 2.24) is 10.2 Å². The lowest BCUT2D eigenvalue weighted by molar-refractivity contribution is -0.592. The first-order valence-corrected chi connectivity index (χ1v) is 9.07. The molecular formula is C19H19BrN4OS. The van der Waals surface area contributed by atoms with Crippen molar-refractivity contribution in [2.75, 3.05) is 11.1 Å². The van der Waals surface area contributed by atoms with Gasteiger partial charge in [0, 0.05) is 17.3 Å². The monoisotopic (exact) mass is 430 g/mol. The highest BCUT2D eigenvalue weighted by Crippen LogP contribution is 2.39. The number of thioether (sulfide) groups is 1. The van der Waals surface area contributed by atoms with Crippen molar-refractivity contribution < 1.29 is 26.7 Å². The zero-order valence-corrected chi connectivity index (χ0v) is 16.6. The summed E-state index contributed by atoms with van der Waals surface area (Å²) in [7, 11) is 0. The van der Waals surface area contributed by atoms with Crippen molar-refractivity contribution in [3.63, 3.8) is 0 Å². The van der Waals surface area contributed by atoms with Gasteiger partial charge < -0.3 is 22.1 Å². The van der Waals surface area contributed by atoms with Gasteiger partial charge in [0.15, 0.2) is 0 Å². The molecule has 0 amide bonds. The maximum Gasteiger partial charge on any atom is 0.320 e. The molecule has 0 fully saturated rings. The zero-order valence-electron chi connectivity index (χ0n) is 14.2. The van der Waals surface area contributed by atoms with Gasteiger partial charge in [-0.25, -0.2) is 5.32 Å².